The van der Waals surface area contributed by atoms with Gasteiger partial charge < -0.3 is 5.32 Å². The van der Waals surface area contributed by atoms with Crippen LogP contribution in [-0.2, 0) is 0 Å². The molecule has 0 aliphatic heterocycles. The molecular weight excluding hydrogens is 378 g/mol. The van der Waals surface area contributed by atoms with Crippen LogP contribution in [0.5, 0.6) is 0 Å². The average Bonchev–Trinajstić information content (AvgIpc) is 2.79. The number of pyridine rings is 1. The Hall–Kier alpha value is -1.85. The first-order valence-corrected chi connectivity index (χ1v) is 8.26. The van der Waals surface area contributed by atoms with Crippen molar-refractivity contribution in [1.29, 1.82) is 0 Å². The fourth-order valence-corrected chi connectivity index (χ4v) is 3.30. The second-order valence-electron chi connectivity index (χ2n) is 5.52. The molecule has 0 radical (unpaired) electrons. The van der Waals surface area contributed by atoms with Gasteiger partial charge in [-0.3, -0.25) is 9.20 Å². The van der Waals surface area contributed by atoms with Gasteiger partial charge in [-0.15, -0.1) is 0 Å². The van der Waals surface area contributed by atoms with Gasteiger partial charge >= 0.3 is 0 Å². The second kappa shape index (κ2) is 5.98. The Morgan fingerprint density at radius 1 is 1.26 bits per heavy atom. The van der Waals surface area contributed by atoms with Gasteiger partial charge in [-0.1, -0.05) is 17.7 Å². The molecule has 23 heavy (non-hydrogen) atoms. The van der Waals surface area contributed by atoms with E-state index >= 15 is 0 Å². The number of aromatic nitrogens is 2. The molecule has 3 rings (SSSR count). The molecule has 0 aliphatic carbocycles. The molecule has 1 amide bonds. The molecule has 118 valence electrons. The number of rotatable bonds is 2. The lowest BCUT2D eigenvalue weighted by molar-refractivity contribution is 0.102. The summed E-state index contributed by atoms with van der Waals surface area (Å²) in [5.74, 6) is -0.215. The SMILES string of the molecule is Cc1cc(Br)c2nc(C)c(C(=O)Nc3ccc(C)c(Cl)c3)n2c1. The lowest BCUT2D eigenvalue weighted by atomic mass is 10.2. The second-order valence-corrected chi connectivity index (χ2v) is 6.78. The van der Waals surface area contributed by atoms with Crippen LogP contribution in [-0.4, -0.2) is 15.3 Å². The zero-order valence-corrected chi connectivity index (χ0v) is 15.3. The highest BCUT2D eigenvalue weighted by atomic mass is 79.9. The van der Waals surface area contributed by atoms with Crippen molar-refractivity contribution in [1.82, 2.24) is 9.38 Å². The monoisotopic (exact) mass is 391 g/mol. The third-order valence-electron chi connectivity index (χ3n) is 3.63. The Morgan fingerprint density at radius 3 is 2.70 bits per heavy atom. The normalized spacial score (nSPS) is 11.0. The number of hydrogen-bond donors (Lipinski definition) is 1. The van der Waals surface area contributed by atoms with Crippen LogP contribution >= 0.6 is 27.5 Å². The van der Waals surface area contributed by atoms with Crippen molar-refractivity contribution in [3.63, 3.8) is 0 Å². The minimum Gasteiger partial charge on any atom is -0.321 e. The summed E-state index contributed by atoms with van der Waals surface area (Å²) in [7, 11) is 0. The maximum Gasteiger partial charge on any atom is 0.274 e. The molecule has 3 aromatic rings. The minimum absolute atomic E-state index is 0.215. The Kier molecular flexibility index (Phi) is 4.17. The standard InChI is InChI=1S/C17H15BrClN3O/c1-9-6-13(18)16-20-11(3)15(22(16)8-9)17(23)21-12-5-4-10(2)14(19)7-12/h4-8H,1-3H3,(H,21,23). The van der Waals surface area contributed by atoms with E-state index in [9.17, 15) is 4.79 Å². The van der Waals surface area contributed by atoms with Crippen LogP contribution in [0, 0.1) is 20.8 Å². The third-order valence-corrected chi connectivity index (χ3v) is 4.62. The van der Waals surface area contributed by atoms with Gasteiger partial charge in [0.05, 0.1) is 10.2 Å². The first-order chi connectivity index (χ1) is 10.9. The molecule has 0 aliphatic rings. The Bertz CT molecular complexity index is 933. The molecule has 0 bridgehead atoms. The van der Waals surface area contributed by atoms with Crippen LogP contribution < -0.4 is 5.32 Å². The van der Waals surface area contributed by atoms with Crippen molar-refractivity contribution in [2.45, 2.75) is 20.8 Å². The van der Waals surface area contributed by atoms with E-state index < -0.39 is 0 Å². The molecule has 2 heterocycles. The average molecular weight is 393 g/mol. The molecule has 1 N–H and O–H groups in total. The molecule has 4 nitrogen and oxygen atoms in total. The first kappa shape index (κ1) is 16.0. The van der Waals surface area contributed by atoms with E-state index in [-0.39, 0.29) is 5.91 Å². The molecule has 0 spiro atoms. The van der Waals surface area contributed by atoms with Gasteiger partial charge in [-0.2, -0.15) is 0 Å². The number of anilines is 1. The summed E-state index contributed by atoms with van der Waals surface area (Å²) in [6, 6.07) is 7.43. The smallest absolute Gasteiger partial charge is 0.274 e. The third kappa shape index (κ3) is 2.99. The van der Waals surface area contributed by atoms with Crippen LogP contribution in [0.15, 0.2) is 34.9 Å². The van der Waals surface area contributed by atoms with Gasteiger partial charge in [0, 0.05) is 16.9 Å². The summed E-state index contributed by atoms with van der Waals surface area (Å²) >= 11 is 9.61. The van der Waals surface area contributed by atoms with E-state index in [1.54, 1.807) is 10.5 Å². The van der Waals surface area contributed by atoms with Gasteiger partial charge in [-0.25, -0.2) is 4.98 Å². The lowest BCUT2D eigenvalue weighted by Gasteiger charge is -2.08. The van der Waals surface area contributed by atoms with Gasteiger partial charge in [0.25, 0.3) is 5.91 Å². The molecule has 6 heteroatoms. The fourth-order valence-electron chi connectivity index (χ4n) is 2.48. The minimum atomic E-state index is -0.215. The number of aryl methyl sites for hydroxylation is 3. The molecular formula is C17H15BrClN3O. The number of fused-ring (bicyclic) bond motifs is 1. The van der Waals surface area contributed by atoms with Crippen molar-refractivity contribution in [2.24, 2.45) is 0 Å². The molecule has 2 aromatic heterocycles. The largest absolute Gasteiger partial charge is 0.321 e. The van der Waals surface area contributed by atoms with Crippen molar-refractivity contribution >= 4 is 44.8 Å². The van der Waals surface area contributed by atoms with Crippen molar-refractivity contribution in [2.75, 3.05) is 5.32 Å². The van der Waals surface area contributed by atoms with E-state index in [2.05, 4.69) is 26.2 Å². The predicted octanol–water partition coefficient (Wildman–Crippen LogP) is 4.93. The number of halogens is 2. The summed E-state index contributed by atoms with van der Waals surface area (Å²) in [4.78, 5) is 17.2. The molecule has 0 atom stereocenters. The Labute approximate surface area is 147 Å². The summed E-state index contributed by atoms with van der Waals surface area (Å²) < 4.78 is 2.66. The number of carbonyl (C=O) groups excluding carboxylic acids is 1. The van der Waals surface area contributed by atoms with E-state index in [0.29, 0.717) is 22.1 Å². The number of nitrogens with zero attached hydrogens (tertiary/aromatic N) is 2. The highest BCUT2D eigenvalue weighted by Gasteiger charge is 2.18. The van der Waals surface area contributed by atoms with Crippen molar-refractivity contribution < 1.29 is 4.79 Å². The zero-order chi connectivity index (χ0) is 16.7. The number of benzene rings is 1. The quantitative estimate of drug-likeness (QED) is 0.672. The van der Waals surface area contributed by atoms with Crippen LogP contribution in [0.3, 0.4) is 0 Å². The highest BCUT2D eigenvalue weighted by Crippen LogP contribution is 2.24. The van der Waals surface area contributed by atoms with Crippen LogP contribution in [0.1, 0.15) is 27.3 Å². The first-order valence-electron chi connectivity index (χ1n) is 7.09. The maximum absolute atomic E-state index is 12.7. The van der Waals surface area contributed by atoms with E-state index in [1.165, 1.54) is 0 Å². The van der Waals surface area contributed by atoms with Crippen LogP contribution in [0.4, 0.5) is 5.69 Å². The van der Waals surface area contributed by atoms with Gasteiger partial charge in [0.2, 0.25) is 0 Å². The lowest BCUT2D eigenvalue weighted by Crippen LogP contribution is -2.15. The molecule has 1 aromatic carbocycles. The van der Waals surface area contributed by atoms with Crippen molar-refractivity contribution in [3.8, 4) is 0 Å². The number of amides is 1. The summed E-state index contributed by atoms with van der Waals surface area (Å²) in [5, 5.41) is 3.51. The zero-order valence-electron chi connectivity index (χ0n) is 12.9. The van der Waals surface area contributed by atoms with Crippen molar-refractivity contribution in [3.05, 3.63) is 62.5 Å². The van der Waals surface area contributed by atoms with E-state index in [1.807, 2.05) is 45.2 Å². The van der Waals surface area contributed by atoms with Gasteiger partial charge in [0.15, 0.2) is 5.65 Å². The van der Waals surface area contributed by atoms with Gasteiger partial charge in [0.1, 0.15) is 5.69 Å². The molecule has 0 saturated heterocycles. The van der Waals surface area contributed by atoms with E-state index in [0.717, 1.165) is 21.2 Å². The Balaban J connectivity index is 2.04. The number of nitrogens with one attached hydrogen (secondary N) is 1. The summed E-state index contributed by atoms with van der Waals surface area (Å²) in [6.45, 7) is 5.72. The molecule has 0 unspecified atom stereocenters. The number of imidazole rings is 1. The molecule has 0 saturated carbocycles. The fraction of sp³-hybridized carbons (Fsp3) is 0.176. The topological polar surface area (TPSA) is 46.4 Å². The summed E-state index contributed by atoms with van der Waals surface area (Å²) in [6.07, 6.45) is 1.90. The highest BCUT2D eigenvalue weighted by molar-refractivity contribution is 9.10. The number of hydrogen-bond acceptors (Lipinski definition) is 2. The van der Waals surface area contributed by atoms with Crippen LogP contribution in [0.25, 0.3) is 5.65 Å². The summed E-state index contributed by atoms with van der Waals surface area (Å²) in [5.41, 5.74) is 4.57. The van der Waals surface area contributed by atoms with Gasteiger partial charge in [-0.05, 0) is 66.0 Å². The number of carbonyl (C=O) groups is 1. The predicted molar refractivity (Wildman–Crippen MR) is 96.5 cm³/mol. The Morgan fingerprint density at radius 2 is 2.00 bits per heavy atom. The molecule has 0 fully saturated rings. The maximum atomic E-state index is 12.7. The van der Waals surface area contributed by atoms with E-state index in [4.69, 9.17) is 11.6 Å². The van der Waals surface area contributed by atoms with Crippen LogP contribution in [0.2, 0.25) is 5.02 Å².